The van der Waals surface area contributed by atoms with Crippen molar-refractivity contribution in [2.24, 2.45) is 16.8 Å². The van der Waals surface area contributed by atoms with Gasteiger partial charge in [0.25, 0.3) is 0 Å². The molecular weight excluding hydrogens is 491 g/mol. The minimum absolute atomic E-state index is 0. The van der Waals surface area contributed by atoms with Crippen molar-refractivity contribution >= 4 is 29.9 Å². The highest BCUT2D eigenvalue weighted by atomic mass is 127. The van der Waals surface area contributed by atoms with Crippen molar-refractivity contribution in [3.8, 4) is 0 Å². The fourth-order valence-corrected chi connectivity index (χ4v) is 4.19. The largest absolute Gasteiger partial charge is 0.379 e. The summed E-state index contributed by atoms with van der Waals surface area (Å²) in [6.45, 7) is 11.9. The molecule has 0 aromatic heterocycles. The lowest BCUT2D eigenvalue weighted by molar-refractivity contribution is -0.0265. The lowest BCUT2D eigenvalue weighted by Gasteiger charge is -2.33. The molecular formula is C23H39IN4O2. The average Bonchev–Trinajstić information content (AvgIpc) is 2.75. The maximum absolute atomic E-state index is 6.15. The molecule has 6 nitrogen and oxygen atoms in total. The van der Waals surface area contributed by atoms with E-state index in [4.69, 9.17) is 9.47 Å². The van der Waals surface area contributed by atoms with E-state index in [9.17, 15) is 0 Å². The molecule has 3 unspecified atom stereocenters. The predicted molar refractivity (Wildman–Crippen MR) is 134 cm³/mol. The molecule has 2 saturated heterocycles. The van der Waals surface area contributed by atoms with E-state index in [0.717, 1.165) is 64.9 Å². The molecule has 2 heterocycles. The molecule has 2 fully saturated rings. The van der Waals surface area contributed by atoms with Crippen LogP contribution in [0.2, 0.25) is 0 Å². The maximum Gasteiger partial charge on any atom is 0.190 e. The minimum Gasteiger partial charge on any atom is -0.379 e. The number of hydrogen-bond acceptors (Lipinski definition) is 4. The third-order valence-electron chi connectivity index (χ3n) is 5.90. The molecule has 2 aliphatic heterocycles. The molecule has 0 aliphatic carbocycles. The molecule has 7 heteroatoms. The van der Waals surface area contributed by atoms with E-state index in [0.29, 0.717) is 11.8 Å². The number of guanidine groups is 1. The smallest absolute Gasteiger partial charge is 0.190 e. The minimum atomic E-state index is 0. The highest BCUT2D eigenvalue weighted by molar-refractivity contribution is 14.0. The van der Waals surface area contributed by atoms with E-state index in [2.05, 4.69) is 58.6 Å². The van der Waals surface area contributed by atoms with Gasteiger partial charge >= 0.3 is 0 Å². The van der Waals surface area contributed by atoms with Crippen molar-refractivity contribution in [1.82, 2.24) is 15.5 Å². The third kappa shape index (κ3) is 7.98. The number of nitrogens with one attached hydrogen (secondary N) is 2. The quantitative estimate of drug-likeness (QED) is 0.322. The monoisotopic (exact) mass is 530 g/mol. The molecule has 0 saturated carbocycles. The van der Waals surface area contributed by atoms with Gasteiger partial charge in [-0.1, -0.05) is 36.8 Å². The molecule has 0 spiro atoms. The van der Waals surface area contributed by atoms with Gasteiger partial charge < -0.3 is 20.1 Å². The first-order chi connectivity index (χ1) is 14.2. The first-order valence-corrected chi connectivity index (χ1v) is 11.1. The van der Waals surface area contributed by atoms with E-state index >= 15 is 0 Å². The van der Waals surface area contributed by atoms with Crippen LogP contribution >= 0.6 is 24.0 Å². The molecule has 3 atom stereocenters. The Morgan fingerprint density at radius 2 is 1.90 bits per heavy atom. The first-order valence-electron chi connectivity index (χ1n) is 11.1. The molecule has 30 heavy (non-hydrogen) atoms. The lowest BCUT2D eigenvalue weighted by atomic mass is 9.89. The summed E-state index contributed by atoms with van der Waals surface area (Å²) >= 11 is 0. The average molecular weight is 530 g/mol. The Morgan fingerprint density at radius 3 is 2.60 bits per heavy atom. The molecule has 1 aromatic carbocycles. The van der Waals surface area contributed by atoms with Crippen LogP contribution in [0.1, 0.15) is 37.0 Å². The van der Waals surface area contributed by atoms with Gasteiger partial charge in [-0.15, -0.1) is 24.0 Å². The number of hydrogen-bond donors (Lipinski definition) is 2. The van der Waals surface area contributed by atoms with Gasteiger partial charge in [-0.2, -0.15) is 0 Å². The highest BCUT2D eigenvalue weighted by Gasteiger charge is 2.27. The van der Waals surface area contributed by atoms with Gasteiger partial charge in [-0.05, 0) is 31.2 Å². The molecule has 2 N–H and O–H groups in total. The number of nitrogens with zero attached hydrogens (tertiary/aromatic N) is 2. The summed E-state index contributed by atoms with van der Waals surface area (Å²) in [5.41, 5.74) is 2.57. The van der Waals surface area contributed by atoms with E-state index in [1.54, 1.807) is 0 Å². The summed E-state index contributed by atoms with van der Waals surface area (Å²) in [6, 6.07) is 8.76. The van der Waals surface area contributed by atoms with E-state index in [1.165, 1.54) is 17.5 Å². The third-order valence-corrected chi connectivity index (χ3v) is 5.90. The Labute approximate surface area is 199 Å². The number of benzene rings is 1. The van der Waals surface area contributed by atoms with Gasteiger partial charge in [-0.3, -0.25) is 9.89 Å². The van der Waals surface area contributed by atoms with Crippen LogP contribution in [-0.4, -0.2) is 70.5 Å². The van der Waals surface area contributed by atoms with Crippen molar-refractivity contribution in [2.75, 3.05) is 59.6 Å². The van der Waals surface area contributed by atoms with Crippen LogP contribution in [0, 0.1) is 18.8 Å². The van der Waals surface area contributed by atoms with Crippen molar-refractivity contribution in [3.63, 3.8) is 0 Å². The van der Waals surface area contributed by atoms with E-state index in [1.807, 2.05) is 7.05 Å². The van der Waals surface area contributed by atoms with Crippen LogP contribution in [0.25, 0.3) is 0 Å². The Bertz CT molecular complexity index is 635. The van der Waals surface area contributed by atoms with Crippen molar-refractivity contribution < 1.29 is 9.47 Å². The molecule has 0 bridgehead atoms. The van der Waals surface area contributed by atoms with Crippen molar-refractivity contribution in [2.45, 2.75) is 32.8 Å². The summed E-state index contributed by atoms with van der Waals surface area (Å²) in [5.74, 6) is 1.90. The SMILES string of the molecule is CN=C(NCC(C)CN1CCOCC1)NCC1CCCOC1c1ccc(C)cc1.I. The molecule has 0 amide bonds. The number of ether oxygens (including phenoxy) is 2. The van der Waals surface area contributed by atoms with Crippen LogP contribution in [0.4, 0.5) is 0 Å². The summed E-state index contributed by atoms with van der Waals surface area (Å²) in [7, 11) is 1.84. The summed E-state index contributed by atoms with van der Waals surface area (Å²) in [4.78, 5) is 6.90. The fourth-order valence-electron chi connectivity index (χ4n) is 4.19. The van der Waals surface area contributed by atoms with Gasteiger partial charge in [0.05, 0.1) is 19.3 Å². The maximum atomic E-state index is 6.15. The zero-order valence-corrected chi connectivity index (χ0v) is 21.1. The number of aliphatic imine (C=N–C) groups is 1. The van der Waals surface area contributed by atoms with Crippen LogP contribution in [0.5, 0.6) is 0 Å². The molecule has 170 valence electrons. The van der Waals surface area contributed by atoms with Gasteiger partial charge in [0, 0.05) is 52.3 Å². The van der Waals surface area contributed by atoms with Crippen LogP contribution in [0.3, 0.4) is 0 Å². The molecule has 3 rings (SSSR count). The Morgan fingerprint density at radius 1 is 1.17 bits per heavy atom. The highest BCUT2D eigenvalue weighted by Crippen LogP contribution is 2.33. The Kier molecular flexibility index (Phi) is 11.4. The van der Waals surface area contributed by atoms with Gasteiger partial charge in [-0.25, -0.2) is 0 Å². The van der Waals surface area contributed by atoms with Crippen LogP contribution < -0.4 is 10.6 Å². The zero-order valence-electron chi connectivity index (χ0n) is 18.7. The second-order valence-corrected chi connectivity index (χ2v) is 8.46. The summed E-state index contributed by atoms with van der Waals surface area (Å²) in [6.07, 6.45) is 2.46. The normalized spacial score (nSPS) is 24.0. The summed E-state index contributed by atoms with van der Waals surface area (Å²) < 4.78 is 11.6. The number of aryl methyl sites for hydroxylation is 1. The number of halogens is 1. The fraction of sp³-hybridized carbons (Fsp3) is 0.696. The second kappa shape index (κ2) is 13.5. The van der Waals surface area contributed by atoms with Crippen LogP contribution in [0.15, 0.2) is 29.3 Å². The first kappa shape index (κ1) is 25.4. The molecule has 1 aromatic rings. The standard InChI is InChI=1S/C23H38N4O2.HI/c1-18-6-8-20(9-7-18)22-21(5-4-12-29-22)16-26-23(24-3)25-15-19(2)17-27-10-13-28-14-11-27;/h6-9,19,21-22H,4-5,10-17H2,1-3H3,(H2,24,25,26);1H. The summed E-state index contributed by atoms with van der Waals surface area (Å²) in [5, 5.41) is 7.04. The van der Waals surface area contributed by atoms with Gasteiger partial charge in [0.1, 0.15) is 0 Å². The van der Waals surface area contributed by atoms with E-state index < -0.39 is 0 Å². The van der Waals surface area contributed by atoms with Crippen molar-refractivity contribution in [3.05, 3.63) is 35.4 Å². The predicted octanol–water partition coefficient (Wildman–Crippen LogP) is 3.21. The topological polar surface area (TPSA) is 58.1 Å². The molecule has 0 radical (unpaired) electrons. The Hall–Kier alpha value is -0.900. The zero-order chi connectivity index (χ0) is 20.5. The van der Waals surface area contributed by atoms with Gasteiger partial charge in [0.15, 0.2) is 5.96 Å². The van der Waals surface area contributed by atoms with Crippen molar-refractivity contribution in [1.29, 1.82) is 0 Å². The Balaban J connectivity index is 0.00000320. The number of morpholine rings is 1. The van der Waals surface area contributed by atoms with Crippen LogP contribution in [-0.2, 0) is 9.47 Å². The number of rotatable bonds is 7. The van der Waals surface area contributed by atoms with E-state index in [-0.39, 0.29) is 30.1 Å². The second-order valence-electron chi connectivity index (χ2n) is 8.46. The molecule has 2 aliphatic rings. The lowest BCUT2D eigenvalue weighted by Crippen LogP contribution is -2.45. The van der Waals surface area contributed by atoms with Gasteiger partial charge in [0.2, 0.25) is 0 Å².